The lowest BCUT2D eigenvalue weighted by Crippen LogP contribution is -2.44. The van der Waals surface area contributed by atoms with Gasteiger partial charge in [-0.1, -0.05) is 19.3 Å². The number of hydrogen-bond acceptors (Lipinski definition) is 2. The molecule has 3 rings (SSSR count). The molecule has 0 aromatic heterocycles. The number of ether oxygens (including phenoxy) is 1. The lowest BCUT2D eigenvalue weighted by atomic mass is 9.74. The van der Waals surface area contributed by atoms with Crippen LogP contribution in [-0.4, -0.2) is 23.4 Å². The van der Waals surface area contributed by atoms with Crippen LogP contribution in [0.15, 0.2) is 0 Å². The largest absolute Gasteiger partial charge is 0.393 e. The van der Waals surface area contributed by atoms with Gasteiger partial charge in [0.15, 0.2) is 0 Å². The van der Waals surface area contributed by atoms with Crippen LogP contribution in [0, 0.1) is 11.8 Å². The Hall–Kier alpha value is -0.0800. The van der Waals surface area contributed by atoms with Crippen molar-refractivity contribution in [2.75, 3.05) is 6.61 Å². The van der Waals surface area contributed by atoms with E-state index in [2.05, 4.69) is 0 Å². The highest BCUT2D eigenvalue weighted by molar-refractivity contribution is 4.94. The number of aliphatic hydroxyl groups excluding tert-OH is 1. The van der Waals surface area contributed by atoms with E-state index in [9.17, 15) is 5.11 Å². The Morgan fingerprint density at radius 2 is 1.75 bits per heavy atom. The van der Waals surface area contributed by atoms with Crippen LogP contribution in [0.25, 0.3) is 0 Å². The van der Waals surface area contributed by atoms with E-state index < -0.39 is 0 Å². The molecule has 2 heteroatoms. The minimum Gasteiger partial charge on any atom is -0.393 e. The first kappa shape index (κ1) is 11.0. The zero-order valence-electron chi connectivity index (χ0n) is 10.2. The average molecular weight is 224 g/mol. The summed E-state index contributed by atoms with van der Waals surface area (Å²) in [5.74, 6) is 1.16. The Kier molecular flexibility index (Phi) is 2.97. The maximum absolute atomic E-state index is 10.3. The lowest BCUT2D eigenvalue weighted by molar-refractivity contribution is -0.135. The Balaban J connectivity index is 1.63. The summed E-state index contributed by atoms with van der Waals surface area (Å²) in [6.45, 7) is 0.883. The fourth-order valence-electron chi connectivity index (χ4n) is 3.72. The fraction of sp³-hybridized carbons (Fsp3) is 1.00. The van der Waals surface area contributed by atoms with E-state index in [0.29, 0.717) is 11.8 Å². The van der Waals surface area contributed by atoms with Gasteiger partial charge in [-0.15, -0.1) is 0 Å². The van der Waals surface area contributed by atoms with Gasteiger partial charge in [0.05, 0.1) is 11.7 Å². The molecule has 2 atom stereocenters. The highest BCUT2D eigenvalue weighted by atomic mass is 16.5. The van der Waals surface area contributed by atoms with Crippen molar-refractivity contribution >= 4 is 0 Å². The first-order valence-corrected chi connectivity index (χ1v) is 7.11. The number of aliphatic hydroxyl groups is 1. The Morgan fingerprint density at radius 1 is 1.00 bits per heavy atom. The average Bonchev–Trinajstić information content (AvgIpc) is 3.13. The van der Waals surface area contributed by atoms with Crippen LogP contribution in [0.5, 0.6) is 0 Å². The van der Waals surface area contributed by atoms with E-state index in [4.69, 9.17) is 4.74 Å². The van der Waals surface area contributed by atoms with Crippen molar-refractivity contribution in [2.24, 2.45) is 11.8 Å². The van der Waals surface area contributed by atoms with Crippen LogP contribution in [-0.2, 0) is 4.74 Å². The van der Waals surface area contributed by atoms with Gasteiger partial charge in [-0.2, -0.15) is 0 Å². The molecule has 1 spiro atoms. The van der Waals surface area contributed by atoms with Crippen LogP contribution in [0.4, 0.5) is 0 Å². The van der Waals surface area contributed by atoms with E-state index in [1.807, 2.05) is 0 Å². The Bertz CT molecular complexity index is 236. The molecular formula is C14H24O2. The van der Waals surface area contributed by atoms with Gasteiger partial charge in [-0.05, 0) is 50.4 Å². The summed E-state index contributed by atoms with van der Waals surface area (Å²) in [6, 6.07) is 0. The maximum atomic E-state index is 10.3. The molecule has 0 aromatic rings. The zero-order valence-corrected chi connectivity index (χ0v) is 10.2. The molecule has 2 nitrogen and oxygen atoms in total. The Morgan fingerprint density at radius 3 is 2.44 bits per heavy atom. The van der Waals surface area contributed by atoms with Crippen LogP contribution < -0.4 is 0 Å². The van der Waals surface area contributed by atoms with E-state index in [-0.39, 0.29) is 11.7 Å². The molecule has 0 aromatic carbocycles. The zero-order chi connectivity index (χ0) is 11.0. The minimum atomic E-state index is -0.0253. The number of hydrogen-bond donors (Lipinski definition) is 1. The van der Waals surface area contributed by atoms with Gasteiger partial charge in [0.2, 0.25) is 0 Å². The molecule has 2 unspecified atom stereocenters. The maximum Gasteiger partial charge on any atom is 0.0686 e. The smallest absolute Gasteiger partial charge is 0.0686 e. The van der Waals surface area contributed by atoms with Crippen molar-refractivity contribution in [1.82, 2.24) is 0 Å². The molecule has 2 aliphatic carbocycles. The third kappa shape index (κ3) is 2.14. The van der Waals surface area contributed by atoms with Crippen LogP contribution in [0.1, 0.15) is 57.8 Å². The van der Waals surface area contributed by atoms with Crippen molar-refractivity contribution in [3.8, 4) is 0 Å². The molecule has 0 amide bonds. The van der Waals surface area contributed by atoms with Crippen LogP contribution >= 0.6 is 0 Å². The third-order valence-electron chi connectivity index (χ3n) is 4.88. The van der Waals surface area contributed by atoms with Gasteiger partial charge in [-0.3, -0.25) is 0 Å². The summed E-state index contributed by atoms with van der Waals surface area (Å²) in [7, 11) is 0. The first-order chi connectivity index (χ1) is 7.79. The molecule has 0 radical (unpaired) electrons. The molecule has 92 valence electrons. The third-order valence-corrected chi connectivity index (χ3v) is 4.88. The van der Waals surface area contributed by atoms with E-state index in [0.717, 1.165) is 19.4 Å². The highest BCUT2D eigenvalue weighted by Crippen LogP contribution is 2.45. The van der Waals surface area contributed by atoms with Gasteiger partial charge in [0.25, 0.3) is 0 Å². The summed E-state index contributed by atoms with van der Waals surface area (Å²) in [5.41, 5.74) is 0.164. The predicted octanol–water partition coefficient (Wildman–Crippen LogP) is 2.89. The summed E-state index contributed by atoms with van der Waals surface area (Å²) in [5, 5.41) is 10.3. The Labute approximate surface area is 98.4 Å². The predicted molar refractivity (Wildman–Crippen MR) is 63.2 cm³/mol. The van der Waals surface area contributed by atoms with Crippen molar-refractivity contribution in [2.45, 2.75) is 69.5 Å². The lowest BCUT2D eigenvalue weighted by Gasteiger charge is -2.44. The summed E-state index contributed by atoms with van der Waals surface area (Å²) in [6.07, 6.45) is 11.2. The topological polar surface area (TPSA) is 29.5 Å². The standard InChI is InChI=1S/C14H24O2/c15-13(11-4-5-11)12-6-9-16-14(10-12)7-2-1-3-8-14/h11-13,15H,1-10H2. The molecule has 1 aliphatic heterocycles. The minimum absolute atomic E-state index is 0.0253. The van der Waals surface area contributed by atoms with E-state index in [1.54, 1.807) is 0 Å². The van der Waals surface area contributed by atoms with Crippen molar-refractivity contribution in [1.29, 1.82) is 0 Å². The van der Waals surface area contributed by atoms with Gasteiger partial charge < -0.3 is 9.84 Å². The second-order valence-electron chi connectivity index (χ2n) is 6.17. The molecule has 2 saturated carbocycles. The molecular weight excluding hydrogens is 200 g/mol. The fourth-order valence-corrected chi connectivity index (χ4v) is 3.72. The molecule has 1 saturated heterocycles. The molecule has 1 N–H and O–H groups in total. The van der Waals surface area contributed by atoms with Crippen molar-refractivity contribution < 1.29 is 9.84 Å². The second-order valence-corrected chi connectivity index (χ2v) is 6.17. The van der Waals surface area contributed by atoms with Gasteiger partial charge in [-0.25, -0.2) is 0 Å². The van der Waals surface area contributed by atoms with E-state index in [1.165, 1.54) is 44.9 Å². The summed E-state index contributed by atoms with van der Waals surface area (Å²) >= 11 is 0. The second kappa shape index (κ2) is 4.30. The van der Waals surface area contributed by atoms with E-state index >= 15 is 0 Å². The quantitative estimate of drug-likeness (QED) is 0.781. The van der Waals surface area contributed by atoms with Gasteiger partial charge in [0.1, 0.15) is 0 Å². The summed E-state index contributed by atoms with van der Waals surface area (Å²) in [4.78, 5) is 0. The van der Waals surface area contributed by atoms with Crippen LogP contribution in [0.2, 0.25) is 0 Å². The normalized spacial score (nSPS) is 36.2. The molecule has 3 aliphatic rings. The van der Waals surface area contributed by atoms with Gasteiger partial charge >= 0.3 is 0 Å². The highest BCUT2D eigenvalue weighted by Gasteiger charge is 2.43. The van der Waals surface area contributed by atoms with Crippen molar-refractivity contribution in [3.63, 3.8) is 0 Å². The molecule has 0 bridgehead atoms. The van der Waals surface area contributed by atoms with Gasteiger partial charge in [0, 0.05) is 6.61 Å². The summed E-state index contributed by atoms with van der Waals surface area (Å²) < 4.78 is 6.08. The number of rotatable bonds is 2. The first-order valence-electron chi connectivity index (χ1n) is 7.11. The monoisotopic (exact) mass is 224 g/mol. The van der Waals surface area contributed by atoms with Crippen molar-refractivity contribution in [3.05, 3.63) is 0 Å². The van der Waals surface area contributed by atoms with Crippen LogP contribution in [0.3, 0.4) is 0 Å². The SMILES string of the molecule is OC(C1CC1)C1CCOC2(CCCCC2)C1. The molecule has 3 fully saturated rings. The molecule has 16 heavy (non-hydrogen) atoms. The molecule has 1 heterocycles.